The number of carbonyl (C=O) groups is 2. The van der Waals surface area contributed by atoms with Crippen molar-refractivity contribution in [1.82, 2.24) is 14.8 Å². The third kappa shape index (κ3) is 5.24. The number of fused-ring (bicyclic) bond motifs is 1. The SMILES string of the molecule is CCCOC(=O)N1CCN(C(=O)c2ccc3c(Cl)cc(-c4ccc(OC)c(CO)c4)nc3c2)C[C@@H]1C. The lowest BCUT2D eigenvalue weighted by molar-refractivity contribution is 0.0412. The van der Waals surface area contributed by atoms with Crippen LogP contribution in [0.25, 0.3) is 22.2 Å². The highest BCUT2D eigenvalue weighted by Gasteiger charge is 2.31. The molecule has 2 aromatic carbocycles. The number of aliphatic hydroxyl groups is 1. The van der Waals surface area contributed by atoms with E-state index < -0.39 is 0 Å². The Balaban J connectivity index is 1.58. The average Bonchev–Trinajstić information content (AvgIpc) is 2.90. The van der Waals surface area contributed by atoms with Crippen LogP contribution < -0.4 is 4.74 Å². The Morgan fingerprint density at radius 3 is 2.67 bits per heavy atom. The molecule has 2 amide bonds. The molecule has 3 aromatic rings. The third-order valence-electron chi connectivity index (χ3n) is 6.33. The lowest BCUT2D eigenvalue weighted by atomic mass is 10.0. The van der Waals surface area contributed by atoms with E-state index in [1.165, 1.54) is 0 Å². The van der Waals surface area contributed by atoms with Crippen LogP contribution in [0.5, 0.6) is 5.75 Å². The summed E-state index contributed by atoms with van der Waals surface area (Å²) >= 11 is 6.57. The van der Waals surface area contributed by atoms with Crippen molar-refractivity contribution in [3.63, 3.8) is 0 Å². The number of methoxy groups -OCH3 is 1. The summed E-state index contributed by atoms with van der Waals surface area (Å²) in [5.41, 5.74) is 3.15. The summed E-state index contributed by atoms with van der Waals surface area (Å²) in [4.78, 5) is 33.8. The molecule has 0 saturated carbocycles. The van der Waals surface area contributed by atoms with E-state index >= 15 is 0 Å². The Labute approximate surface area is 215 Å². The van der Waals surface area contributed by atoms with E-state index in [-0.39, 0.29) is 24.6 Å². The second-order valence-corrected chi connectivity index (χ2v) is 9.22. The molecule has 0 aliphatic carbocycles. The van der Waals surface area contributed by atoms with Gasteiger partial charge in [0.1, 0.15) is 5.75 Å². The van der Waals surface area contributed by atoms with E-state index in [9.17, 15) is 14.7 Å². The Morgan fingerprint density at radius 2 is 1.97 bits per heavy atom. The van der Waals surface area contributed by atoms with E-state index in [4.69, 9.17) is 26.1 Å². The van der Waals surface area contributed by atoms with Crippen LogP contribution in [0, 0.1) is 0 Å². The van der Waals surface area contributed by atoms with Crippen LogP contribution in [0.15, 0.2) is 42.5 Å². The number of aromatic nitrogens is 1. The van der Waals surface area contributed by atoms with Crippen molar-refractivity contribution < 1.29 is 24.2 Å². The maximum Gasteiger partial charge on any atom is 0.410 e. The summed E-state index contributed by atoms with van der Waals surface area (Å²) < 4.78 is 10.5. The van der Waals surface area contributed by atoms with Gasteiger partial charge in [-0.1, -0.05) is 24.6 Å². The van der Waals surface area contributed by atoms with Gasteiger partial charge in [-0.25, -0.2) is 9.78 Å². The molecule has 0 bridgehead atoms. The number of ether oxygens (including phenoxy) is 2. The number of rotatable bonds is 6. The Bertz CT molecular complexity index is 1280. The summed E-state index contributed by atoms with van der Waals surface area (Å²) in [6.45, 7) is 5.34. The molecule has 4 rings (SSSR count). The summed E-state index contributed by atoms with van der Waals surface area (Å²) in [7, 11) is 1.55. The zero-order valence-electron chi connectivity index (χ0n) is 20.7. The van der Waals surface area contributed by atoms with Crippen LogP contribution in [-0.2, 0) is 11.3 Å². The quantitative estimate of drug-likeness (QED) is 0.513. The van der Waals surface area contributed by atoms with Crippen molar-refractivity contribution in [2.24, 2.45) is 0 Å². The number of nitrogens with zero attached hydrogens (tertiary/aromatic N) is 3. The Hall–Kier alpha value is -3.36. The first-order valence-electron chi connectivity index (χ1n) is 12.0. The molecule has 1 aliphatic heterocycles. The first-order valence-corrected chi connectivity index (χ1v) is 12.3. The predicted molar refractivity (Wildman–Crippen MR) is 138 cm³/mol. The van der Waals surface area contributed by atoms with Gasteiger partial charge < -0.3 is 24.4 Å². The van der Waals surface area contributed by atoms with Gasteiger partial charge in [-0.15, -0.1) is 0 Å². The minimum atomic E-state index is -0.337. The van der Waals surface area contributed by atoms with Crippen LogP contribution in [0.2, 0.25) is 5.02 Å². The van der Waals surface area contributed by atoms with E-state index in [0.717, 1.165) is 17.4 Å². The number of amides is 2. The van der Waals surface area contributed by atoms with Gasteiger partial charge in [0.2, 0.25) is 0 Å². The van der Waals surface area contributed by atoms with Gasteiger partial charge in [0.15, 0.2) is 0 Å². The average molecular weight is 512 g/mol. The van der Waals surface area contributed by atoms with Crippen molar-refractivity contribution in [1.29, 1.82) is 0 Å². The van der Waals surface area contributed by atoms with Gasteiger partial charge in [-0.2, -0.15) is 0 Å². The summed E-state index contributed by atoms with van der Waals surface area (Å²) in [5, 5.41) is 10.9. The van der Waals surface area contributed by atoms with Gasteiger partial charge in [-0.3, -0.25) is 4.79 Å². The predicted octanol–water partition coefficient (Wildman–Crippen LogP) is 4.75. The second-order valence-electron chi connectivity index (χ2n) is 8.81. The molecule has 8 nitrogen and oxygen atoms in total. The molecule has 190 valence electrons. The Morgan fingerprint density at radius 1 is 1.17 bits per heavy atom. The summed E-state index contributed by atoms with van der Waals surface area (Å²) in [6, 6.07) is 12.4. The standard InChI is InChI=1S/C27H30ClN3O5/c1-4-11-36-27(34)31-10-9-30(15-17(31)2)26(33)19-5-7-21-22(28)14-23(29-24(21)13-19)18-6-8-25(35-3)20(12-18)16-32/h5-8,12-14,17,32H,4,9-11,15-16H2,1-3H3/t17-/m0/s1. The molecule has 1 aromatic heterocycles. The topological polar surface area (TPSA) is 92.2 Å². The number of benzene rings is 2. The van der Waals surface area contributed by atoms with Crippen LogP contribution >= 0.6 is 11.6 Å². The second kappa shape index (κ2) is 11.1. The van der Waals surface area contributed by atoms with Gasteiger partial charge >= 0.3 is 6.09 Å². The number of hydrogen-bond acceptors (Lipinski definition) is 6. The van der Waals surface area contributed by atoms with Gasteiger partial charge in [0, 0.05) is 47.8 Å². The highest BCUT2D eigenvalue weighted by Crippen LogP contribution is 2.31. The maximum atomic E-state index is 13.3. The van der Waals surface area contributed by atoms with E-state index in [1.54, 1.807) is 47.2 Å². The maximum absolute atomic E-state index is 13.3. The zero-order valence-corrected chi connectivity index (χ0v) is 21.4. The first kappa shape index (κ1) is 25.7. The number of halogens is 1. The highest BCUT2D eigenvalue weighted by atomic mass is 35.5. The van der Waals surface area contributed by atoms with Crippen LogP contribution in [0.1, 0.15) is 36.2 Å². The third-order valence-corrected chi connectivity index (χ3v) is 6.64. The molecule has 1 atom stereocenters. The van der Waals surface area contributed by atoms with Crippen LogP contribution in [-0.4, -0.2) is 71.3 Å². The molecular weight excluding hydrogens is 482 g/mol. The number of carbonyl (C=O) groups excluding carboxylic acids is 2. The van der Waals surface area contributed by atoms with Gasteiger partial charge in [0.25, 0.3) is 5.91 Å². The fourth-order valence-corrected chi connectivity index (χ4v) is 4.66. The molecular formula is C27H30ClN3O5. The minimum Gasteiger partial charge on any atom is -0.496 e. The van der Waals surface area contributed by atoms with E-state index in [0.29, 0.717) is 59.4 Å². The zero-order chi connectivity index (χ0) is 25.8. The minimum absolute atomic E-state index is 0.124. The lowest BCUT2D eigenvalue weighted by Crippen LogP contribution is -2.55. The van der Waals surface area contributed by atoms with E-state index in [1.807, 2.05) is 26.0 Å². The molecule has 1 fully saturated rings. The first-order chi connectivity index (χ1) is 17.4. The molecule has 1 aliphatic rings. The van der Waals surface area contributed by atoms with Crippen molar-refractivity contribution in [3.05, 3.63) is 58.6 Å². The van der Waals surface area contributed by atoms with Crippen molar-refractivity contribution in [2.45, 2.75) is 32.9 Å². The van der Waals surface area contributed by atoms with Crippen LogP contribution in [0.4, 0.5) is 4.79 Å². The molecule has 0 radical (unpaired) electrons. The molecule has 1 N–H and O–H groups in total. The summed E-state index contributed by atoms with van der Waals surface area (Å²) in [5.74, 6) is 0.467. The molecule has 0 unspecified atom stereocenters. The van der Waals surface area contributed by atoms with Gasteiger partial charge in [-0.05, 0) is 49.7 Å². The molecule has 0 spiro atoms. The molecule has 9 heteroatoms. The van der Waals surface area contributed by atoms with Gasteiger partial charge in [0.05, 0.1) is 36.6 Å². The normalized spacial score (nSPS) is 15.8. The van der Waals surface area contributed by atoms with E-state index in [2.05, 4.69) is 0 Å². The molecule has 2 heterocycles. The highest BCUT2D eigenvalue weighted by molar-refractivity contribution is 6.35. The molecule has 1 saturated heterocycles. The smallest absolute Gasteiger partial charge is 0.410 e. The molecule has 36 heavy (non-hydrogen) atoms. The number of piperazine rings is 1. The van der Waals surface area contributed by atoms with Crippen LogP contribution in [0.3, 0.4) is 0 Å². The summed E-state index contributed by atoms with van der Waals surface area (Å²) in [6.07, 6.45) is 0.429. The van der Waals surface area contributed by atoms with Crippen molar-refractivity contribution in [3.8, 4) is 17.0 Å². The lowest BCUT2D eigenvalue weighted by Gasteiger charge is -2.39. The number of hydrogen-bond donors (Lipinski definition) is 1. The Kier molecular flexibility index (Phi) is 7.96. The van der Waals surface area contributed by atoms with Crippen molar-refractivity contribution >= 4 is 34.5 Å². The monoisotopic (exact) mass is 511 g/mol. The fraction of sp³-hybridized carbons (Fsp3) is 0.370. The number of pyridine rings is 1. The van der Waals surface area contributed by atoms with Crippen molar-refractivity contribution in [2.75, 3.05) is 33.4 Å². The number of aliphatic hydroxyl groups excluding tert-OH is 1. The fourth-order valence-electron chi connectivity index (χ4n) is 4.40. The largest absolute Gasteiger partial charge is 0.496 e.